The number of hydrogen-bond donors (Lipinski definition) is 2. The van der Waals surface area contributed by atoms with E-state index in [9.17, 15) is 14.4 Å². The molecular weight excluding hydrogens is 446 g/mol. The van der Waals surface area contributed by atoms with Crippen LogP contribution in [0.15, 0.2) is 48.8 Å². The van der Waals surface area contributed by atoms with Crippen LogP contribution in [0.2, 0.25) is 0 Å². The van der Waals surface area contributed by atoms with Crippen LogP contribution in [-0.2, 0) is 27.3 Å². The van der Waals surface area contributed by atoms with E-state index in [1.165, 1.54) is 12.7 Å². The zero-order valence-corrected chi connectivity index (χ0v) is 20.1. The zero-order valence-electron chi connectivity index (χ0n) is 20.1. The third kappa shape index (κ3) is 5.86. The molecule has 1 aromatic heterocycles. The number of aryl methyl sites for hydroxylation is 2. The van der Waals surface area contributed by atoms with Crippen LogP contribution in [0.1, 0.15) is 29.3 Å². The minimum absolute atomic E-state index is 0.0909. The number of methoxy groups -OCH3 is 1. The van der Waals surface area contributed by atoms with Crippen LogP contribution in [0.4, 0.5) is 5.69 Å². The second-order valence-corrected chi connectivity index (χ2v) is 8.76. The third-order valence-electron chi connectivity index (χ3n) is 6.24. The second kappa shape index (κ2) is 11.1. The van der Waals surface area contributed by atoms with Gasteiger partial charge in [-0.3, -0.25) is 14.4 Å². The third-order valence-corrected chi connectivity index (χ3v) is 6.24. The topological polar surface area (TPSA) is 106 Å². The number of nitrogens with zero attached hydrogens (tertiary/aromatic N) is 3. The molecule has 0 saturated carbocycles. The van der Waals surface area contributed by atoms with Gasteiger partial charge in [0.25, 0.3) is 5.91 Å². The number of carbonyl (C=O) groups excluding carboxylic acids is 3. The highest BCUT2D eigenvalue weighted by molar-refractivity contribution is 6.05. The predicted molar refractivity (Wildman–Crippen MR) is 133 cm³/mol. The molecule has 2 heterocycles. The van der Waals surface area contributed by atoms with Crippen molar-refractivity contribution in [2.45, 2.75) is 26.3 Å². The van der Waals surface area contributed by atoms with Gasteiger partial charge < -0.3 is 24.8 Å². The molecule has 2 aromatic carbocycles. The minimum Gasteiger partial charge on any atom is -0.375 e. The number of amides is 3. The number of nitrogens with one attached hydrogen (secondary N) is 2. The second-order valence-electron chi connectivity index (χ2n) is 8.76. The van der Waals surface area contributed by atoms with Crippen molar-refractivity contribution in [3.05, 3.63) is 59.9 Å². The Balaban J connectivity index is 1.54. The molecule has 1 atom stereocenters. The van der Waals surface area contributed by atoms with Crippen LogP contribution >= 0.6 is 0 Å². The summed E-state index contributed by atoms with van der Waals surface area (Å²) in [6.07, 6.45) is 2.97. The summed E-state index contributed by atoms with van der Waals surface area (Å²) < 4.78 is 6.94. The Hall–Kier alpha value is -3.72. The molecule has 0 unspecified atom stereocenters. The molecule has 0 spiro atoms. The molecule has 0 aliphatic carbocycles. The van der Waals surface area contributed by atoms with Crippen LogP contribution in [0.3, 0.4) is 0 Å². The number of aromatic nitrogens is 2. The molecule has 184 valence electrons. The maximum Gasteiger partial charge on any atom is 0.251 e. The Kier molecular flexibility index (Phi) is 7.77. The van der Waals surface area contributed by atoms with Gasteiger partial charge in [0.05, 0.1) is 23.0 Å². The molecule has 1 fully saturated rings. The Bertz CT molecular complexity index is 1210. The fourth-order valence-electron chi connectivity index (χ4n) is 4.45. The van der Waals surface area contributed by atoms with E-state index < -0.39 is 0 Å². The molecule has 9 heteroatoms. The molecule has 2 N–H and O–H groups in total. The molecule has 4 rings (SSSR count). The van der Waals surface area contributed by atoms with Crippen molar-refractivity contribution >= 4 is 34.4 Å². The van der Waals surface area contributed by atoms with Gasteiger partial charge in [0.1, 0.15) is 6.61 Å². The summed E-state index contributed by atoms with van der Waals surface area (Å²) in [6.45, 7) is 4.27. The molecule has 1 aliphatic heterocycles. The van der Waals surface area contributed by atoms with E-state index in [0.29, 0.717) is 49.4 Å². The highest BCUT2D eigenvalue weighted by Gasteiger charge is 2.28. The lowest BCUT2D eigenvalue weighted by atomic mass is 10.1. The van der Waals surface area contributed by atoms with E-state index in [2.05, 4.69) is 27.8 Å². The number of likely N-dealkylation sites (tertiary alicyclic amines) is 1. The van der Waals surface area contributed by atoms with E-state index in [4.69, 9.17) is 4.74 Å². The Labute approximate surface area is 204 Å². The first-order valence-electron chi connectivity index (χ1n) is 11.9. The standard InChI is InChI=1S/C26H31N5O4/c1-3-30-15-19(11-24(30)33)14-27-26(34)20-12-21-25(22(13-20)29-23(32)16-35-2)31(17-28-21)10-9-18-7-5-4-6-8-18/h4-8,12-13,17,19H,3,9-11,14-16H2,1-2H3,(H,27,34)(H,29,32)/t19-/m0/s1. The lowest BCUT2D eigenvalue weighted by molar-refractivity contribution is -0.127. The van der Waals surface area contributed by atoms with E-state index >= 15 is 0 Å². The number of benzene rings is 2. The van der Waals surface area contributed by atoms with Crippen LogP contribution in [0, 0.1) is 5.92 Å². The summed E-state index contributed by atoms with van der Waals surface area (Å²) in [5.41, 5.74) is 3.47. The van der Waals surface area contributed by atoms with Gasteiger partial charge in [0.2, 0.25) is 11.8 Å². The molecule has 35 heavy (non-hydrogen) atoms. The van der Waals surface area contributed by atoms with Crippen molar-refractivity contribution in [1.29, 1.82) is 0 Å². The van der Waals surface area contributed by atoms with Crippen molar-refractivity contribution in [2.75, 3.05) is 38.7 Å². The molecule has 9 nitrogen and oxygen atoms in total. The fraction of sp³-hybridized carbons (Fsp3) is 0.385. The molecule has 3 amide bonds. The first-order valence-corrected chi connectivity index (χ1v) is 11.9. The number of rotatable bonds is 10. The number of hydrogen-bond acceptors (Lipinski definition) is 5. The summed E-state index contributed by atoms with van der Waals surface area (Å²) in [4.78, 5) is 43.6. The van der Waals surface area contributed by atoms with Crippen LogP contribution < -0.4 is 10.6 Å². The van der Waals surface area contributed by atoms with Gasteiger partial charge in [0, 0.05) is 51.2 Å². The number of fused-ring (bicyclic) bond motifs is 1. The molecule has 0 bridgehead atoms. The lowest BCUT2D eigenvalue weighted by Crippen LogP contribution is -2.31. The summed E-state index contributed by atoms with van der Waals surface area (Å²) in [5.74, 6) is -0.368. The van der Waals surface area contributed by atoms with Gasteiger partial charge in [-0.1, -0.05) is 30.3 Å². The average Bonchev–Trinajstić information content (AvgIpc) is 3.44. The van der Waals surface area contributed by atoms with Crippen molar-refractivity contribution in [3.63, 3.8) is 0 Å². The summed E-state index contributed by atoms with van der Waals surface area (Å²) in [6, 6.07) is 13.5. The number of carbonyl (C=O) groups is 3. The van der Waals surface area contributed by atoms with Gasteiger partial charge in [-0.05, 0) is 31.0 Å². The van der Waals surface area contributed by atoms with Crippen molar-refractivity contribution in [3.8, 4) is 0 Å². The van der Waals surface area contributed by atoms with Crippen molar-refractivity contribution in [2.24, 2.45) is 5.92 Å². The molecule has 1 aliphatic rings. The summed E-state index contributed by atoms with van der Waals surface area (Å²) in [7, 11) is 1.45. The van der Waals surface area contributed by atoms with Gasteiger partial charge >= 0.3 is 0 Å². The quantitative estimate of drug-likeness (QED) is 0.467. The van der Waals surface area contributed by atoms with E-state index in [1.54, 1.807) is 23.4 Å². The van der Waals surface area contributed by atoms with Gasteiger partial charge in [-0.25, -0.2) is 4.98 Å². The van der Waals surface area contributed by atoms with Gasteiger partial charge in [-0.15, -0.1) is 0 Å². The number of ether oxygens (including phenoxy) is 1. The highest BCUT2D eigenvalue weighted by atomic mass is 16.5. The monoisotopic (exact) mass is 477 g/mol. The average molecular weight is 478 g/mol. The first kappa shape index (κ1) is 24.4. The Morgan fingerprint density at radius 2 is 2.00 bits per heavy atom. The number of imidazole rings is 1. The first-order chi connectivity index (χ1) is 17.0. The molecule has 3 aromatic rings. The minimum atomic E-state index is -0.314. The summed E-state index contributed by atoms with van der Waals surface area (Å²) in [5, 5.41) is 5.81. The summed E-state index contributed by atoms with van der Waals surface area (Å²) >= 11 is 0. The maximum absolute atomic E-state index is 13.0. The largest absolute Gasteiger partial charge is 0.375 e. The van der Waals surface area contributed by atoms with Crippen molar-refractivity contribution < 1.29 is 19.1 Å². The zero-order chi connectivity index (χ0) is 24.8. The smallest absolute Gasteiger partial charge is 0.251 e. The normalized spacial score (nSPS) is 15.5. The van der Waals surface area contributed by atoms with E-state index in [-0.39, 0.29) is 30.2 Å². The number of anilines is 1. The Morgan fingerprint density at radius 1 is 1.20 bits per heavy atom. The van der Waals surface area contributed by atoms with E-state index in [0.717, 1.165) is 11.9 Å². The van der Waals surface area contributed by atoms with Crippen LogP contribution in [0.25, 0.3) is 11.0 Å². The fourth-order valence-corrected chi connectivity index (χ4v) is 4.45. The Morgan fingerprint density at radius 3 is 2.71 bits per heavy atom. The SMILES string of the molecule is CCN1C[C@H](CNC(=O)c2cc(NC(=O)COC)c3c(c2)ncn3CCc2ccccc2)CC1=O. The lowest BCUT2D eigenvalue weighted by Gasteiger charge is -2.15. The highest BCUT2D eigenvalue weighted by Crippen LogP contribution is 2.26. The van der Waals surface area contributed by atoms with Gasteiger partial charge in [0.15, 0.2) is 0 Å². The van der Waals surface area contributed by atoms with E-state index in [1.807, 2.05) is 29.7 Å². The molecule has 0 radical (unpaired) electrons. The van der Waals surface area contributed by atoms with Gasteiger partial charge in [-0.2, -0.15) is 0 Å². The predicted octanol–water partition coefficient (Wildman–Crippen LogP) is 2.46. The van der Waals surface area contributed by atoms with Crippen LogP contribution in [-0.4, -0.2) is 65.5 Å². The molecular formula is C26H31N5O4. The van der Waals surface area contributed by atoms with Crippen molar-refractivity contribution in [1.82, 2.24) is 19.8 Å². The van der Waals surface area contributed by atoms with Crippen LogP contribution in [0.5, 0.6) is 0 Å². The molecule has 1 saturated heterocycles. The maximum atomic E-state index is 13.0.